The molecule has 9 heteroatoms. The molecule has 0 unspecified atom stereocenters. The lowest BCUT2D eigenvalue weighted by Crippen LogP contribution is -2.32. The summed E-state index contributed by atoms with van der Waals surface area (Å²) in [6.45, 7) is 0. The quantitative estimate of drug-likeness (QED) is 0.258. The van der Waals surface area contributed by atoms with Crippen LogP contribution in [-0.4, -0.2) is 21.0 Å². The number of benzene rings is 1. The zero-order chi connectivity index (χ0) is 16.8. The first-order chi connectivity index (χ1) is 11.0. The summed E-state index contributed by atoms with van der Waals surface area (Å²) < 4.78 is 5.02. The zero-order valence-electron chi connectivity index (χ0n) is 11.6. The fourth-order valence-corrected chi connectivity index (χ4v) is 1.80. The van der Waals surface area contributed by atoms with E-state index < -0.39 is 10.8 Å². The van der Waals surface area contributed by atoms with Gasteiger partial charge in [0.1, 0.15) is 11.5 Å². The molecule has 0 spiro atoms. The molecule has 0 radical (unpaired) electrons. The first kappa shape index (κ1) is 16.2. The lowest BCUT2D eigenvalue weighted by molar-refractivity contribution is -0.384. The summed E-state index contributed by atoms with van der Waals surface area (Å²) >= 11 is 4.91. The van der Waals surface area contributed by atoms with Gasteiger partial charge in [-0.1, -0.05) is 0 Å². The number of anilines is 1. The van der Waals surface area contributed by atoms with E-state index in [1.165, 1.54) is 18.4 Å². The molecule has 1 heterocycles. The average Bonchev–Trinajstić information content (AvgIpc) is 3.00. The highest BCUT2D eigenvalue weighted by molar-refractivity contribution is 7.80. The van der Waals surface area contributed by atoms with E-state index >= 15 is 0 Å². The Bertz CT molecular complexity index is 771. The Morgan fingerprint density at radius 3 is 2.83 bits per heavy atom. The molecule has 0 aliphatic carbocycles. The largest absolute Gasteiger partial charge is 0.506 e. The maximum atomic E-state index is 11.7. The lowest BCUT2D eigenvalue weighted by Gasteiger charge is -2.09. The second kappa shape index (κ2) is 7.18. The van der Waals surface area contributed by atoms with E-state index in [-0.39, 0.29) is 22.2 Å². The van der Waals surface area contributed by atoms with E-state index in [1.807, 2.05) is 0 Å². The van der Waals surface area contributed by atoms with E-state index in [9.17, 15) is 20.0 Å². The number of nitrogens with zero attached hydrogens (tertiary/aromatic N) is 1. The highest BCUT2D eigenvalue weighted by Crippen LogP contribution is 2.27. The molecule has 0 aliphatic heterocycles. The third kappa shape index (κ3) is 4.64. The second-order valence-electron chi connectivity index (χ2n) is 4.25. The van der Waals surface area contributed by atoms with Crippen LogP contribution in [0, 0.1) is 10.1 Å². The van der Waals surface area contributed by atoms with Crippen molar-refractivity contribution in [3.63, 3.8) is 0 Å². The van der Waals surface area contributed by atoms with Gasteiger partial charge in [0.25, 0.3) is 5.69 Å². The van der Waals surface area contributed by atoms with Crippen molar-refractivity contribution >= 4 is 40.7 Å². The van der Waals surface area contributed by atoms with Crippen molar-refractivity contribution in [1.29, 1.82) is 0 Å². The minimum absolute atomic E-state index is 0.0134. The highest BCUT2D eigenvalue weighted by Gasteiger charge is 2.11. The van der Waals surface area contributed by atoms with Crippen molar-refractivity contribution in [2.45, 2.75) is 0 Å². The topological polar surface area (TPSA) is 118 Å². The van der Waals surface area contributed by atoms with E-state index in [0.717, 1.165) is 18.2 Å². The van der Waals surface area contributed by atoms with Crippen molar-refractivity contribution in [3.8, 4) is 5.75 Å². The minimum Gasteiger partial charge on any atom is -0.506 e. The summed E-state index contributed by atoms with van der Waals surface area (Å²) in [6, 6.07) is 6.75. The molecule has 2 aromatic rings. The van der Waals surface area contributed by atoms with Gasteiger partial charge in [0.05, 0.1) is 16.9 Å². The molecule has 0 aliphatic rings. The number of nitro groups is 1. The number of nitrogens with one attached hydrogen (secondary N) is 2. The van der Waals surface area contributed by atoms with Gasteiger partial charge in [-0.15, -0.1) is 0 Å². The number of thiocarbonyl (C=S) groups is 1. The maximum absolute atomic E-state index is 11.7. The van der Waals surface area contributed by atoms with E-state index in [0.29, 0.717) is 5.76 Å². The fraction of sp³-hybridized carbons (Fsp3) is 0. The molecule has 118 valence electrons. The van der Waals surface area contributed by atoms with E-state index in [2.05, 4.69) is 10.6 Å². The number of rotatable bonds is 4. The molecule has 1 aromatic carbocycles. The number of phenols is 1. The predicted octanol–water partition coefficient (Wildman–Crippen LogP) is 2.42. The summed E-state index contributed by atoms with van der Waals surface area (Å²) in [6.07, 6.45) is 4.12. The standard InChI is InChI=1S/C14H11N3O5S/c18-12-5-3-9(17(20)21)8-11(12)15-14(23)16-13(19)6-4-10-2-1-7-22-10/h1-8,18H,(H2,15,16,19,23). The van der Waals surface area contributed by atoms with Crippen LogP contribution in [0.25, 0.3) is 6.08 Å². The van der Waals surface area contributed by atoms with Crippen LogP contribution < -0.4 is 10.6 Å². The third-order valence-corrected chi connectivity index (χ3v) is 2.82. The summed E-state index contributed by atoms with van der Waals surface area (Å²) in [4.78, 5) is 21.7. The summed E-state index contributed by atoms with van der Waals surface area (Å²) in [7, 11) is 0. The summed E-state index contributed by atoms with van der Waals surface area (Å²) in [5.74, 6) is -0.266. The van der Waals surface area contributed by atoms with Crippen LogP contribution in [0.5, 0.6) is 5.75 Å². The number of phenolic OH excluding ortho intramolecular Hbond substituents is 1. The van der Waals surface area contributed by atoms with Gasteiger partial charge in [-0.05, 0) is 36.5 Å². The first-order valence-electron chi connectivity index (χ1n) is 6.26. The van der Waals surface area contributed by atoms with Gasteiger partial charge < -0.3 is 14.8 Å². The molecule has 3 N–H and O–H groups in total. The van der Waals surface area contributed by atoms with Gasteiger partial charge in [0.15, 0.2) is 5.11 Å². The van der Waals surface area contributed by atoms with Gasteiger partial charge in [-0.25, -0.2) is 0 Å². The van der Waals surface area contributed by atoms with Gasteiger partial charge in [0.2, 0.25) is 5.91 Å². The van der Waals surface area contributed by atoms with Crippen LogP contribution >= 0.6 is 12.2 Å². The minimum atomic E-state index is -0.613. The Morgan fingerprint density at radius 1 is 1.39 bits per heavy atom. The van der Waals surface area contributed by atoms with E-state index in [1.54, 1.807) is 12.1 Å². The van der Waals surface area contributed by atoms with Gasteiger partial charge in [0, 0.05) is 18.2 Å². The molecular formula is C14H11N3O5S. The molecule has 0 atom stereocenters. The van der Waals surface area contributed by atoms with Crippen molar-refractivity contribution in [3.05, 3.63) is 58.5 Å². The molecule has 0 fully saturated rings. The molecule has 1 amide bonds. The van der Waals surface area contributed by atoms with E-state index in [4.69, 9.17) is 16.6 Å². The van der Waals surface area contributed by atoms with Crippen LogP contribution in [0.15, 0.2) is 47.1 Å². The van der Waals surface area contributed by atoms with Gasteiger partial charge in [-0.2, -0.15) is 0 Å². The number of carbonyl (C=O) groups excluding carboxylic acids is 1. The number of non-ortho nitro benzene ring substituents is 1. The normalized spacial score (nSPS) is 10.4. The molecule has 2 rings (SSSR count). The number of hydrogen-bond donors (Lipinski definition) is 3. The Labute approximate surface area is 135 Å². The van der Waals surface area contributed by atoms with Gasteiger partial charge in [-0.3, -0.25) is 20.2 Å². The Kier molecular flexibility index (Phi) is 5.05. The first-order valence-corrected chi connectivity index (χ1v) is 6.67. The Morgan fingerprint density at radius 2 is 2.17 bits per heavy atom. The molecule has 0 saturated heterocycles. The van der Waals surface area contributed by atoms with Crippen LogP contribution in [0.1, 0.15) is 5.76 Å². The molecule has 0 saturated carbocycles. The SMILES string of the molecule is O=C(C=Cc1ccco1)NC(=S)Nc1cc([N+](=O)[O-])ccc1O. The number of aromatic hydroxyl groups is 1. The summed E-state index contributed by atoms with van der Waals surface area (Å²) in [5.41, 5.74) is -0.211. The predicted molar refractivity (Wildman–Crippen MR) is 86.9 cm³/mol. The monoisotopic (exact) mass is 333 g/mol. The highest BCUT2D eigenvalue weighted by atomic mass is 32.1. The van der Waals surface area contributed by atoms with Crippen molar-refractivity contribution in [1.82, 2.24) is 5.32 Å². The number of hydrogen-bond acceptors (Lipinski definition) is 6. The fourth-order valence-electron chi connectivity index (χ4n) is 1.59. The molecule has 23 heavy (non-hydrogen) atoms. The lowest BCUT2D eigenvalue weighted by atomic mass is 10.2. The van der Waals surface area contributed by atoms with Crippen LogP contribution in [0.4, 0.5) is 11.4 Å². The zero-order valence-corrected chi connectivity index (χ0v) is 12.4. The number of furan rings is 1. The second-order valence-corrected chi connectivity index (χ2v) is 4.66. The van der Waals surface area contributed by atoms with Crippen molar-refractivity contribution in [2.24, 2.45) is 0 Å². The summed E-state index contributed by atoms with van der Waals surface area (Å²) in [5, 5.41) is 25.1. The smallest absolute Gasteiger partial charge is 0.271 e. The average molecular weight is 333 g/mol. The van der Waals surface area contributed by atoms with Gasteiger partial charge >= 0.3 is 0 Å². The maximum Gasteiger partial charge on any atom is 0.271 e. The molecule has 8 nitrogen and oxygen atoms in total. The molecule has 1 aromatic heterocycles. The Balaban J connectivity index is 1.98. The van der Waals surface area contributed by atoms with Crippen LogP contribution in [-0.2, 0) is 4.79 Å². The van der Waals surface area contributed by atoms with Crippen molar-refractivity contribution in [2.75, 3.05) is 5.32 Å². The third-order valence-electron chi connectivity index (χ3n) is 2.62. The molecular weight excluding hydrogens is 322 g/mol. The number of carbonyl (C=O) groups is 1. The number of amides is 1. The molecule has 0 bridgehead atoms. The van der Waals surface area contributed by atoms with Crippen LogP contribution in [0.3, 0.4) is 0 Å². The Hall–Kier alpha value is -3.20. The number of nitro benzene ring substituents is 1. The van der Waals surface area contributed by atoms with Crippen LogP contribution in [0.2, 0.25) is 0 Å². The van der Waals surface area contributed by atoms with Crippen molar-refractivity contribution < 1.29 is 19.2 Å².